The number of hydrogen-bond acceptors (Lipinski definition) is 2. The van der Waals surface area contributed by atoms with Crippen molar-refractivity contribution in [3.05, 3.63) is 28.2 Å². The Morgan fingerprint density at radius 2 is 2.00 bits per heavy atom. The van der Waals surface area contributed by atoms with Gasteiger partial charge < -0.3 is 10.6 Å². The molecule has 1 saturated heterocycles. The zero-order valence-corrected chi connectivity index (χ0v) is 12.2. The van der Waals surface area contributed by atoms with Gasteiger partial charge in [0.15, 0.2) is 0 Å². The molecule has 0 bridgehead atoms. The van der Waals surface area contributed by atoms with E-state index in [1.165, 1.54) is 37.2 Å². The van der Waals surface area contributed by atoms with Gasteiger partial charge in [0.1, 0.15) is 0 Å². The Hall–Kier alpha value is -0.540. The summed E-state index contributed by atoms with van der Waals surface area (Å²) in [7, 11) is 0. The van der Waals surface area contributed by atoms with E-state index >= 15 is 0 Å². The number of rotatable bonds is 2. The van der Waals surface area contributed by atoms with Crippen LogP contribution in [0.4, 0.5) is 5.69 Å². The fraction of sp³-hybridized carbons (Fsp3) is 0.571. The quantitative estimate of drug-likeness (QED) is 0.901. The fourth-order valence-electron chi connectivity index (χ4n) is 2.35. The molecular weight excluding hydrogens is 276 g/mol. The predicted octanol–water partition coefficient (Wildman–Crippen LogP) is 3.71. The molecule has 0 unspecified atom stereocenters. The van der Waals surface area contributed by atoms with Gasteiger partial charge in [0, 0.05) is 29.3 Å². The lowest BCUT2D eigenvalue weighted by Crippen LogP contribution is -2.32. The van der Waals surface area contributed by atoms with Gasteiger partial charge in [-0.15, -0.1) is 0 Å². The molecule has 94 valence electrons. The highest BCUT2D eigenvalue weighted by Gasteiger charge is 2.17. The van der Waals surface area contributed by atoms with Crippen molar-refractivity contribution in [2.24, 2.45) is 11.7 Å². The Balaban J connectivity index is 2.14. The molecule has 0 aromatic heterocycles. The number of anilines is 1. The standard InChI is InChI=1S/C14H21BrN2/c1-10-5-7-17(8-6-10)12-3-4-13(11(2)16)14(15)9-12/h3-4,9-11H,5-8,16H2,1-2H3/t11-/m0/s1. The van der Waals surface area contributed by atoms with Crippen LogP contribution in [-0.4, -0.2) is 13.1 Å². The molecule has 0 amide bonds. The van der Waals surface area contributed by atoms with Gasteiger partial charge in [-0.1, -0.05) is 28.9 Å². The second-order valence-corrected chi connectivity index (χ2v) is 6.02. The first kappa shape index (κ1) is 12.9. The molecule has 17 heavy (non-hydrogen) atoms. The van der Waals surface area contributed by atoms with E-state index in [9.17, 15) is 0 Å². The summed E-state index contributed by atoms with van der Waals surface area (Å²) in [5.41, 5.74) is 8.41. The molecule has 1 aliphatic heterocycles. The van der Waals surface area contributed by atoms with Crippen molar-refractivity contribution in [1.82, 2.24) is 0 Å². The molecule has 1 aliphatic rings. The molecule has 1 atom stereocenters. The van der Waals surface area contributed by atoms with Crippen LogP contribution in [0, 0.1) is 5.92 Å². The SMILES string of the molecule is CC1CCN(c2ccc([C@H](C)N)c(Br)c2)CC1. The molecule has 3 heteroatoms. The Labute approximate surface area is 112 Å². The summed E-state index contributed by atoms with van der Waals surface area (Å²) in [5, 5.41) is 0. The van der Waals surface area contributed by atoms with E-state index in [0.29, 0.717) is 0 Å². The Bertz CT molecular complexity index is 382. The topological polar surface area (TPSA) is 29.3 Å². The summed E-state index contributed by atoms with van der Waals surface area (Å²) < 4.78 is 1.13. The van der Waals surface area contributed by atoms with Crippen LogP contribution in [0.2, 0.25) is 0 Å². The minimum Gasteiger partial charge on any atom is -0.371 e. The molecule has 0 radical (unpaired) electrons. The van der Waals surface area contributed by atoms with Crippen molar-refractivity contribution >= 4 is 21.6 Å². The van der Waals surface area contributed by atoms with Gasteiger partial charge in [0.05, 0.1) is 0 Å². The van der Waals surface area contributed by atoms with Crippen LogP contribution in [0.25, 0.3) is 0 Å². The number of nitrogens with zero attached hydrogens (tertiary/aromatic N) is 1. The minimum atomic E-state index is 0.0832. The first-order valence-corrected chi connectivity index (χ1v) is 7.17. The fourth-order valence-corrected chi connectivity index (χ4v) is 3.08. The van der Waals surface area contributed by atoms with E-state index in [1.54, 1.807) is 0 Å². The third kappa shape index (κ3) is 3.02. The number of piperidine rings is 1. The molecule has 1 fully saturated rings. The summed E-state index contributed by atoms with van der Waals surface area (Å²) in [6.07, 6.45) is 2.60. The van der Waals surface area contributed by atoms with Crippen molar-refractivity contribution in [1.29, 1.82) is 0 Å². The summed E-state index contributed by atoms with van der Waals surface area (Å²) in [4.78, 5) is 2.47. The van der Waals surface area contributed by atoms with Crippen LogP contribution in [0.3, 0.4) is 0 Å². The van der Waals surface area contributed by atoms with Gasteiger partial charge in [-0.05, 0) is 43.4 Å². The lowest BCUT2D eigenvalue weighted by Gasteiger charge is -2.32. The summed E-state index contributed by atoms with van der Waals surface area (Å²) >= 11 is 3.62. The molecule has 0 saturated carbocycles. The van der Waals surface area contributed by atoms with Crippen molar-refractivity contribution in [2.75, 3.05) is 18.0 Å². The van der Waals surface area contributed by atoms with E-state index < -0.39 is 0 Å². The summed E-state index contributed by atoms with van der Waals surface area (Å²) in [5.74, 6) is 0.873. The lowest BCUT2D eigenvalue weighted by molar-refractivity contribution is 0.438. The van der Waals surface area contributed by atoms with Gasteiger partial charge >= 0.3 is 0 Å². The third-order valence-corrected chi connectivity index (χ3v) is 4.31. The third-order valence-electron chi connectivity index (χ3n) is 3.62. The first-order chi connectivity index (χ1) is 8.08. The number of halogens is 1. The number of nitrogens with two attached hydrogens (primary N) is 1. The predicted molar refractivity (Wildman–Crippen MR) is 77.4 cm³/mol. The molecular formula is C14H21BrN2. The van der Waals surface area contributed by atoms with E-state index in [0.717, 1.165) is 10.4 Å². The highest BCUT2D eigenvalue weighted by molar-refractivity contribution is 9.10. The van der Waals surface area contributed by atoms with Gasteiger partial charge in [0.25, 0.3) is 0 Å². The molecule has 0 aliphatic carbocycles. The number of benzene rings is 1. The van der Waals surface area contributed by atoms with Crippen LogP contribution in [-0.2, 0) is 0 Å². The van der Waals surface area contributed by atoms with Gasteiger partial charge in [-0.25, -0.2) is 0 Å². The van der Waals surface area contributed by atoms with Crippen LogP contribution in [0.5, 0.6) is 0 Å². The molecule has 1 aromatic carbocycles. The number of hydrogen-bond donors (Lipinski definition) is 1. The van der Waals surface area contributed by atoms with E-state index in [4.69, 9.17) is 5.73 Å². The first-order valence-electron chi connectivity index (χ1n) is 6.38. The van der Waals surface area contributed by atoms with E-state index in [-0.39, 0.29) is 6.04 Å². The average Bonchev–Trinajstić information content (AvgIpc) is 2.29. The van der Waals surface area contributed by atoms with Crippen LogP contribution >= 0.6 is 15.9 Å². The zero-order chi connectivity index (χ0) is 12.4. The van der Waals surface area contributed by atoms with Crippen molar-refractivity contribution < 1.29 is 0 Å². The molecule has 2 nitrogen and oxygen atoms in total. The second kappa shape index (κ2) is 5.40. The molecule has 1 heterocycles. The monoisotopic (exact) mass is 296 g/mol. The van der Waals surface area contributed by atoms with Crippen molar-refractivity contribution in [3.63, 3.8) is 0 Å². The molecule has 2 N–H and O–H groups in total. The van der Waals surface area contributed by atoms with Crippen LogP contribution < -0.4 is 10.6 Å². The second-order valence-electron chi connectivity index (χ2n) is 5.16. The Kier molecular flexibility index (Phi) is 4.10. The van der Waals surface area contributed by atoms with Gasteiger partial charge in [0.2, 0.25) is 0 Å². The highest BCUT2D eigenvalue weighted by Crippen LogP contribution is 2.29. The summed E-state index contributed by atoms with van der Waals surface area (Å²) in [6, 6.07) is 6.62. The summed E-state index contributed by atoms with van der Waals surface area (Å²) in [6.45, 7) is 6.70. The lowest BCUT2D eigenvalue weighted by atomic mass is 9.98. The maximum Gasteiger partial charge on any atom is 0.0377 e. The molecule has 0 spiro atoms. The maximum atomic E-state index is 5.92. The molecule has 2 rings (SSSR count). The largest absolute Gasteiger partial charge is 0.371 e. The van der Waals surface area contributed by atoms with E-state index in [2.05, 4.69) is 46.0 Å². The molecule has 1 aromatic rings. The van der Waals surface area contributed by atoms with Crippen LogP contribution in [0.15, 0.2) is 22.7 Å². The van der Waals surface area contributed by atoms with Gasteiger partial charge in [-0.3, -0.25) is 0 Å². The van der Waals surface area contributed by atoms with Gasteiger partial charge in [-0.2, -0.15) is 0 Å². The smallest absolute Gasteiger partial charge is 0.0377 e. The maximum absolute atomic E-state index is 5.92. The van der Waals surface area contributed by atoms with E-state index in [1.807, 2.05) is 6.92 Å². The normalized spacial score (nSPS) is 19.4. The Morgan fingerprint density at radius 1 is 1.35 bits per heavy atom. The average molecular weight is 297 g/mol. The van der Waals surface area contributed by atoms with Crippen molar-refractivity contribution in [3.8, 4) is 0 Å². The Morgan fingerprint density at radius 3 is 2.53 bits per heavy atom. The van der Waals surface area contributed by atoms with Crippen LogP contribution in [0.1, 0.15) is 38.3 Å². The minimum absolute atomic E-state index is 0.0832. The van der Waals surface area contributed by atoms with Crippen molar-refractivity contribution in [2.45, 2.75) is 32.7 Å². The highest BCUT2D eigenvalue weighted by atomic mass is 79.9. The zero-order valence-electron chi connectivity index (χ0n) is 10.6.